The van der Waals surface area contributed by atoms with Crippen LogP contribution in [0.4, 0.5) is 5.69 Å². The second-order valence-corrected chi connectivity index (χ2v) is 7.02. The lowest BCUT2D eigenvalue weighted by molar-refractivity contribution is -0.139. The molecule has 0 heterocycles. The number of benzene rings is 2. The summed E-state index contributed by atoms with van der Waals surface area (Å²) >= 11 is 0. The number of anilines is 1. The molecule has 0 radical (unpaired) electrons. The minimum atomic E-state index is -3.72. The van der Waals surface area contributed by atoms with Crippen LogP contribution >= 0.6 is 0 Å². The van der Waals surface area contributed by atoms with E-state index >= 15 is 0 Å². The molecule has 0 amide bonds. The average Bonchev–Trinajstić information content (AvgIpc) is 2.60. The first kappa shape index (κ1) is 18.6. The van der Waals surface area contributed by atoms with E-state index in [1.165, 1.54) is 31.3 Å². The van der Waals surface area contributed by atoms with Crippen molar-refractivity contribution >= 4 is 21.7 Å². The molecule has 0 aromatic heterocycles. The maximum Gasteiger partial charge on any atom is 0.341 e. The fourth-order valence-electron chi connectivity index (χ4n) is 2.07. The van der Waals surface area contributed by atoms with E-state index in [2.05, 4.69) is 0 Å². The third-order valence-corrected chi connectivity index (χ3v) is 5.16. The van der Waals surface area contributed by atoms with Gasteiger partial charge in [-0.15, -0.1) is 0 Å². The molecule has 2 rings (SSSR count). The van der Waals surface area contributed by atoms with E-state index in [0.717, 1.165) is 4.31 Å². The molecule has 7 nitrogen and oxygen atoms in total. The molecular formula is C17H19NO6S. The molecule has 0 aliphatic carbocycles. The highest BCUT2D eigenvalue weighted by Gasteiger charge is 2.21. The number of rotatable bonds is 8. The Morgan fingerprint density at radius 2 is 1.52 bits per heavy atom. The van der Waals surface area contributed by atoms with Crippen LogP contribution in [0.3, 0.4) is 0 Å². The Morgan fingerprint density at radius 1 is 1.00 bits per heavy atom. The Balaban J connectivity index is 2.17. The molecule has 0 aliphatic rings. The fraction of sp³-hybridized carbons (Fsp3) is 0.235. The van der Waals surface area contributed by atoms with Crippen molar-refractivity contribution in [2.75, 3.05) is 24.6 Å². The molecule has 0 saturated heterocycles. The van der Waals surface area contributed by atoms with Crippen molar-refractivity contribution in [3.8, 4) is 11.5 Å². The monoisotopic (exact) mass is 365 g/mol. The van der Waals surface area contributed by atoms with Crippen molar-refractivity contribution in [2.24, 2.45) is 0 Å². The highest BCUT2D eigenvalue weighted by Crippen LogP contribution is 2.25. The number of carbonyl (C=O) groups is 1. The summed E-state index contributed by atoms with van der Waals surface area (Å²) in [6.45, 7) is 1.89. The molecule has 2 aromatic rings. The zero-order valence-electron chi connectivity index (χ0n) is 13.9. The third kappa shape index (κ3) is 4.63. The summed E-state index contributed by atoms with van der Waals surface area (Å²) in [5.41, 5.74) is 0.427. The molecule has 0 fully saturated rings. The van der Waals surface area contributed by atoms with Gasteiger partial charge < -0.3 is 14.6 Å². The van der Waals surface area contributed by atoms with Crippen LogP contribution in [0, 0.1) is 0 Å². The predicted molar refractivity (Wildman–Crippen MR) is 92.8 cm³/mol. The summed E-state index contributed by atoms with van der Waals surface area (Å²) in [5, 5.41) is 8.58. The van der Waals surface area contributed by atoms with Crippen molar-refractivity contribution in [2.45, 2.75) is 11.8 Å². The number of nitrogens with zero attached hydrogens (tertiary/aromatic N) is 1. The van der Waals surface area contributed by atoms with Crippen LogP contribution in [0.25, 0.3) is 0 Å². The summed E-state index contributed by atoms with van der Waals surface area (Å²) in [6.07, 6.45) is 0. The van der Waals surface area contributed by atoms with Crippen LogP contribution in [0.5, 0.6) is 11.5 Å². The lowest BCUT2D eigenvalue weighted by atomic mass is 10.3. The minimum absolute atomic E-state index is 0.143. The van der Waals surface area contributed by atoms with Crippen LogP contribution in [0.15, 0.2) is 53.4 Å². The van der Waals surface area contributed by atoms with Gasteiger partial charge in [-0.2, -0.15) is 0 Å². The zero-order chi connectivity index (χ0) is 18.4. The normalized spacial score (nSPS) is 11.0. The minimum Gasteiger partial charge on any atom is -0.494 e. The van der Waals surface area contributed by atoms with E-state index in [9.17, 15) is 13.2 Å². The lowest BCUT2D eigenvalue weighted by Crippen LogP contribution is -2.26. The first-order chi connectivity index (χ1) is 11.8. The van der Waals surface area contributed by atoms with Gasteiger partial charge in [-0.3, -0.25) is 4.31 Å². The van der Waals surface area contributed by atoms with Gasteiger partial charge in [0.1, 0.15) is 11.5 Å². The number of aliphatic carboxylic acids is 1. The van der Waals surface area contributed by atoms with E-state index in [0.29, 0.717) is 23.8 Å². The van der Waals surface area contributed by atoms with E-state index in [-0.39, 0.29) is 4.90 Å². The second-order valence-electron chi connectivity index (χ2n) is 5.05. The van der Waals surface area contributed by atoms with E-state index in [4.69, 9.17) is 14.6 Å². The molecule has 0 aliphatic heterocycles. The van der Waals surface area contributed by atoms with Gasteiger partial charge in [-0.05, 0) is 55.5 Å². The quantitative estimate of drug-likeness (QED) is 0.772. The average molecular weight is 365 g/mol. The summed E-state index contributed by atoms with van der Waals surface area (Å²) in [5.74, 6) is -0.138. The largest absolute Gasteiger partial charge is 0.494 e. The molecule has 134 valence electrons. The Morgan fingerprint density at radius 3 is 2.04 bits per heavy atom. The van der Waals surface area contributed by atoms with Gasteiger partial charge in [0.05, 0.1) is 17.2 Å². The Labute approximate surface area is 146 Å². The van der Waals surface area contributed by atoms with Crippen LogP contribution in [-0.2, 0) is 14.8 Å². The Kier molecular flexibility index (Phi) is 5.87. The second kappa shape index (κ2) is 7.89. The predicted octanol–water partition coefficient (Wildman–Crippen LogP) is 2.37. The van der Waals surface area contributed by atoms with Crippen LogP contribution < -0.4 is 13.8 Å². The number of ether oxygens (including phenoxy) is 2. The van der Waals surface area contributed by atoms with Crippen LogP contribution in [0.1, 0.15) is 6.92 Å². The summed E-state index contributed by atoms with van der Waals surface area (Å²) in [6, 6.07) is 12.3. The molecular weight excluding hydrogens is 346 g/mol. The maximum absolute atomic E-state index is 12.7. The Hall–Kier alpha value is -2.74. The van der Waals surface area contributed by atoms with Crippen molar-refractivity contribution in [3.63, 3.8) is 0 Å². The first-order valence-electron chi connectivity index (χ1n) is 7.51. The van der Waals surface area contributed by atoms with Crippen molar-refractivity contribution in [1.29, 1.82) is 0 Å². The highest BCUT2D eigenvalue weighted by atomic mass is 32.2. The van der Waals surface area contributed by atoms with E-state index in [1.54, 1.807) is 24.3 Å². The molecule has 8 heteroatoms. The van der Waals surface area contributed by atoms with Gasteiger partial charge in [-0.1, -0.05) is 0 Å². The lowest BCUT2D eigenvalue weighted by Gasteiger charge is -2.20. The van der Waals surface area contributed by atoms with Crippen LogP contribution in [0.2, 0.25) is 0 Å². The van der Waals surface area contributed by atoms with Gasteiger partial charge in [0.2, 0.25) is 0 Å². The smallest absolute Gasteiger partial charge is 0.341 e. The summed E-state index contributed by atoms with van der Waals surface area (Å²) < 4.78 is 36.8. The maximum atomic E-state index is 12.7. The number of carboxylic acids is 1. The van der Waals surface area contributed by atoms with Gasteiger partial charge in [0.25, 0.3) is 10.0 Å². The Bertz CT molecular complexity index is 815. The SMILES string of the molecule is CCOc1ccc(S(=O)(=O)N(C)c2ccc(OCC(=O)O)cc2)cc1. The standard InChI is InChI=1S/C17H19NO6S/c1-3-23-14-8-10-16(11-9-14)25(21,22)18(2)13-4-6-15(7-5-13)24-12-17(19)20/h4-11H,3,12H2,1-2H3,(H,19,20). The molecule has 0 bridgehead atoms. The van der Waals surface area contributed by atoms with Gasteiger partial charge in [0, 0.05) is 7.05 Å². The fourth-order valence-corrected chi connectivity index (χ4v) is 3.26. The molecule has 0 spiro atoms. The van der Waals surface area contributed by atoms with E-state index < -0.39 is 22.6 Å². The molecule has 0 atom stereocenters. The number of carboxylic acid groups (broad SMARTS) is 1. The first-order valence-corrected chi connectivity index (χ1v) is 8.95. The third-order valence-electron chi connectivity index (χ3n) is 3.36. The number of sulfonamides is 1. The topological polar surface area (TPSA) is 93.1 Å². The number of hydrogen-bond acceptors (Lipinski definition) is 5. The molecule has 1 N–H and O–H groups in total. The van der Waals surface area contributed by atoms with E-state index in [1.807, 2.05) is 6.92 Å². The van der Waals surface area contributed by atoms with Gasteiger partial charge in [0.15, 0.2) is 6.61 Å². The highest BCUT2D eigenvalue weighted by molar-refractivity contribution is 7.92. The summed E-state index contributed by atoms with van der Waals surface area (Å²) in [7, 11) is -2.28. The van der Waals surface area contributed by atoms with Crippen LogP contribution in [-0.4, -0.2) is 39.8 Å². The molecule has 25 heavy (non-hydrogen) atoms. The number of hydrogen-bond donors (Lipinski definition) is 1. The van der Waals surface area contributed by atoms with Gasteiger partial charge >= 0.3 is 5.97 Å². The molecule has 0 saturated carbocycles. The molecule has 0 unspecified atom stereocenters. The zero-order valence-corrected chi connectivity index (χ0v) is 14.7. The van der Waals surface area contributed by atoms with Gasteiger partial charge in [-0.25, -0.2) is 13.2 Å². The molecule has 2 aromatic carbocycles. The van der Waals surface area contributed by atoms with Crippen molar-refractivity contribution in [3.05, 3.63) is 48.5 Å². The summed E-state index contributed by atoms with van der Waals surface area (Å²) in [4.78, 5) is 10.6. The van der Waals surface area contributed by atoms with Crippen molar-refractivity contribution < 1.29 is 27.8 Å². The van der Waals surface area contributed by atoms with Crippen molar-refractivity contribution in [1.82, 2.24) is 0 Å².